The van der Waals surface area contributed by atoms with E-state index in [2.05, 4.69) is 33.9 Å². The SMILES string of the molecule is Cc1[nH]c(C=c2c(=O)[nH][nH]c2=C2CC2)c(C)c1CN1CCCCC1. The maximum Gasteiger partial charge on any atom is 0.271 e. The summed E-state index contributed by atoms with van der Waals surface area (Å²) in [7, 11) is 0. The van der Waals surface area contributed by atoms with Crippen LogP contribution in [0.15, 0.2) is 4.79 Å². The summed E-state index contributed by atoms with van der Waals surface area (Å²) >= 11 is 0. The van der Waals surface area contributed by atoms with Gasteiger partial charge in [0.25, 0.3) is 5.56 Å². The van der Waals surface area contributed by atoms with Gasteiger partial charge in [-0.05, 0) is 75.4 Å². The summed E-state index contributed by atoms with van der Waals surface area (Å²) in [5.74, 6) is 0. The van der Waals surface area contributed by atoms with Crippen molar-refractivity contribution in [3.05, 3.63) is 43.4 Å². The van der Waals surface area contributed by atoms with Gasteiger partial charge in [0, 0.05) is 17.9 Å². The molecule has 1 aliphatic heterocycles. The molecule has 24 heavy (non-hydrogen) atoms. The van der Waals surface area contributed by atoms with Crippen molar-refractivity contribution in [3.8, 4) is 0 Å². The lowest BCUT2D eigenvalue weighted by Crippen LogP contribution is -2.33. The predicted octanol–water partition coefficient (Wildman–Crippen LogP) is 1.41. The second-order valence-electron chi connectivity index (χ2n) is 7.22. The van der Waals surface area contributed by atoms with Gasteiger partial charge in [0.2, 0.25) is 0 Å². The Morgan fingerprint density at radius 3 is 2.54 bits per heavy atom. The van der Waals surface area contributed by atoms with Crippen molar-refractivity contribution in [1.29, 1.82) is 0 Å². The van der Waals surface area contributed by atoms with Crippen molar-refractivity contribution < 1.29 is 0 Å². The normalized spacial score (nSPS) is 19.2. The Morgan fingerprint density at radius 2 is 1.83 bits per heavy atom. The number of piperidine rings is 1. The van der Waals surface area contributed by atoms with E-state index < -0.39 is 0 Å². The van der Waals surface area contributed by atoms with Crippen LogP contribution < -0.4 is 16.1 Å². The molecule has 1 aliphatic carbocycles. The number of aromatic amines is 3. The molecule has 5 heteroatoms. The minimum atomic E-state index is -0.0337. The van der Waals surface area contributed by atoms with Crippen LogP contribution >= 0.6 is 0 Å². The van der Waals surface area contributed by atoms with E-state index in [-0.39, 0.29) is 5.56 Å². The highest BCUT2D eigenvalue weighted by Gasteiger charge is 2.17. The third-order valence-electron chi connectivity index (χ3n) is 5.42. The Bertz CT molecular complexity index is 916. The highest BCUT2D eigenvalue weighted by atomic mass is 16.1. The van der Waals surface area contributed by atoms with Crippen molar-refractivity contribution in [2.75, 3.05) is 13.1 Å². The lowest BCUT2D eigenvalue weighted by atomic mass is 10.1. The summed E-state index contributed by atoms with van der Waals surface area (Å²) in [5.41, 5.74) is 6.24. The predicted molar refractivity (Wildman–Crippen MR) is 96.3 cm³/mol. The van der Waals surface area contributed by atoms with Crippen LogP contribution in [0, 0.1) is 13.8 Å². The van der Waals surface area contributed by atoms with E-state index >= 15 is 0 Å². The molecular formula is C19H26N4O. The number of hydrogen-bond acceptors (Lipinski definition) is 2. The van der Waals surface area contributed by atoms with Crippen molar-refractivity contribution in [1.82, 2.24) is 20.1 Å². The Morgan fingerprint density at radius 1 is 1.08 bits per heavy atom. The van der Waals surface area contributed by atoms with E-state index in [9.17, 15) is 4.79 Å². The van der Waals surface area contributed by atoms with Crippen molar-refractivity contribution in [2.45, 2.75) is 52.5 Å². The fourth-order valence-corrected chi connectivity index (χ4v) is 3.78. The number of aromatic nitrogens is 3. The Hall–Kier alpha value is -2.01. The van der Waals surface area contributed by atoms with Crippen LogP contribution in [-0.4, -0.2) is 33.2 Å². The molecule has 2 aliphatic rings. The van der Waals surface area contributed by atoms with Crippen molar-refractivity contribution in [3.63, 3.8) is 0 Å². The first-order valence-corrected chi connectivity index (χ1v) is 9.04. The van der Waals surface area contributed by atoms with Crippen LogP contribution in [0.5, 0.6) is 0 Å². The van der Waals surface area contributed by atoms with Gasteiger partial charge in [0.05, 0.1) is 10.6 Å². The molecule has 4 rings (SSSR count). The van der Waals surface area contributed by atoms with Gasteiger partial charge < -0.3 is 4.98 Å². The van der Waals surface area contributed by atoms with E-state index in [0.717, 1.165) is 35.6 Å². The molecule has 5 nitrogen and oxygen atoms in total. The maximum atomic E-state index is 12.1. The van der Waals surface area contributed by atoms with E-state index in [1.165, 1.54) is 54.7 Å². The van der Waals surface area contributed by atoms with E-state index in [0.29, 0.717) is 0 Å². The summed E-state index contributed by atoms with van der Waals surface area (Å²) in [6.45, 7) is 7.71. The van der Waals surface area contributed by atoms with Gasteiger partial charge >= 0.3 is 0 Å². The fourth-order valence-electron chi connectivity index (χ4n) is 3.78. The number of nitrogens with one attached hydrogen (secondary N) is 3. The van der Waals surface area contributed by atoms with Crippen molar-refractivity contribution >= 4 is 11.6 Å². The minimum Gasteiger partial charge on any atom is -0.359 e. The molecule has 0 spiro atoms. The minimum absolute atomic E-state index is 0.0337. The molecule has 1 saturated carbocycles. The van der Waals surface area contributed by atoms with Gasteiger partial charge in [0.1, 0.15) is 0 Å². The summed E-state index contributed by atoms with van der Waals surface area (Å²) < 4.78 is 0. The third-order valence-corrected chi connectivity index (χ3v) is 5.42. The third kappa shape index (κ3) is 2.88. The smallest absolute Gasteiger partial charge is 0.271 e. The number of rotatable bonds is 3. The topological polar surface area (TPSA) is 67.7 Å². The van der Waals surface area contributed by atoms with Gasteiger partial charge in [-0.3, -0.25) is 19.9 Å². The summed E-state index contributed by atoms with van der Waals surface area (Å²) in [5, 5.41) is 7.52. The summed E-state index contributed by atoms with van der Waals surface area (Å²) in [4.78, 5) is 18.2. The molecule has 0 unspecified atom stereocenters. The van der Waals surface area contributed by atoms with Crippen LogP contribution in [0.3, 0.4) is 0 Å². The highest BCUT2D eigenvalue weighted by molar-refractivity contribution is 5.59. The first kappa shape index (κ1) is 15.5. The Kier molecular flexibility index (Phi) is 3.96. The molecule has 0 bridgehead atoms. The molecule has 1 saturated heterocycles. The number of H-pyrrole nitrogens is 3. The van der Waals surface area contributed by atoms with E-state index in [1.807, 2.05) is 6.08 Å². The second-order valence-corrected chi connectivity index (χ2v) is 7.22. The molecule has 128 valence electrons. The van der Waals surface area contributed by atoms with Crippen molar-refractivity contribution in [2.24, 2.45) is 0 Å². The zero-order valence-corrected chi connectivity index (χ0v) is 14.6. The van der Waals surface area contributed by atoms with Crippen LogP contribution in [-0.2, 0) is 6.54 Å². The monoisotopic (exact) mass is 326 g/mol. The molecule has 0 amide bonds. The van der Waals surface area contributed by atoms with Gasteiger partial charge in [-0.15, -0.1) is 0 Å². The molecule has 0 aromatic carbocycles. The van der Waals surface area contributed by atoms with Gasteiger partial charge in [-0.2, -0.15) is 0 Å². The molecule has 0 radical (unpaired) electrons. The maximum absolute atomic E-state index is 12.1. The van der Waals surface area contributed by atoms with E-state index in [1.54, 1.807) is 0 Å². The van der Waals surface area contributed by atoms with Crippen LogP contribution in [0.4, 0.5) is 0 Å². The first-order valence-electron chi connectivity index (χ1n) is 9.04. The second kappa shape index (κ2) is 6.13. The largest absolute Gasteiger partial charge is 0.359 e. The average Bonchev–Trinajstić information content (AvgIpc) is 3.32. The molecule has 2 aromatic rings. The molecule has 0 atom stereocenters. The molecular weight excluding hydrogens is 300 g/mol. The Balaban J connectivity index is 1.72. The van der Waals surface area contributed by atoms with Gasteiger partial charge in [0.15, 0.2) is 0 Å². The quantitative estimate of drug-likeness (QED) is 0.798. The number of likely N-dealkylation sites (tertiary alicyclic amines) is 1. The lowest BCUT2D eigenvalue weighted by molar-refractivity contribution is 0.220. The van der Waals surface area contributed by atoms with E-state index in [4.69, 9.17) is 0 Å². The number of aryl methyl sites for hydroxylation is 1. The van der Waals surface area contributed by atoms with Crippen LogP contribution in [0.2, 0.25) is 0 Å². The summed E-state index contributed by atoms with van der Waals surface area (Å²) in [6.07, 6.45) is 8.18. The van der Waals surface area contributed by atoms with Crippen LogP contribution in [0.1, 0.15) is 54.6 Å². The highest BCUT2D eigenvalue weighted by Crippen LogP contribution is 2.26. The van der Waals surface area contributed by atoms with Crippen LogP contribution in [0.25, 0.3) is 11.6 Å². The zero-order valence-electron chi connectivity index (χ0n) is 14.6. The van der Waals surface area contributed by atoms with Gasteiger partial charge in [-0.25, -0.2) is 0 Å². The molecule has 2 aromatic heterocycles. The number of hydrogen-bond donors (Lipinski definition) is 3. The van der Waals surface area contributed by atoms with Gasteiger partial charge in [-0.1, -0.05) is 6.42 Å². The average molecular weight is 326 g/mol. The molecule has 3 N–H and O–H groups in total. The Labute approximate surface area is 141 Å². The molecule has 2 fully saturated rings. The number of nitrogens with zero attached hydrogens (tertiary/aromatic N) is 1. The lowest BCUT2D eigenvalue weighted by Gasteiger charge is -2.26. The molecule has 3 heterocycles. The first-order chi connectivity index (χ1) is 11.6. The fraction of sp³-hybridized carbons (Fsp3) is 0.526. The zero-order chi connectivity index (χ0) is 16.7. The standard InChI is InChI=1S/C19H26N4O/c1-12-16(11-23-8-4-3-5-9-23)13(2)20-17(12)10-15-18(14-6-7-14)21-22-19(15)24/h10,20-21H,3-9,11H2,1-2H3,(H,22,24). The summed E-state index contributed by atoms with van der Waals surface area (Å²) in [6, 6.07) is 0.